The van der Waals surface area contributed by atoms with E-state index >= 15 is 0 Å². The molecule has 0 saturated heterocycles. The fourth-order valence-electron chi connectivity index (χ4n) is 0.663. The van der Waals surface area contributed by atoms with Gasteiger partial charge in [-0.15, -0.1) is 10.1 Å². The van der Waals surface area contributed by atoms with Crippen molar-refractivity contribution in [2.75, 3.05) is 6.61 Å². The summed E-state index contributed by atoms with van der Waals surface area (Å²) >= 11 is 0. The first kappa shape index (κ1) is 10.2. The second kappa shape index (κ2) is 4.16. The van der Waals surface area contributed by atoms with Crippen molar-refractivity contribution in [2.24, 2.45) is 5.41 Å². The number of nitrogens with zero attached hydrogens (tertiary/aromatic N) is 1. The van der Waals surface area contributed by atoms with Crippen LogP contribution < -0.4 is 0 Å². The van der Waals surface area contributed by atoms with E-state index in [1.165, 1.54) is 0 Å². The lowest BCUT2D eigenvalue weighted by Gasteiger charge is -2.24. The minimum Gasteiger partial charge on any atom is -0.313 e. The molecule has 0 aliphatic carbocycles. The standard InChI is InChI=1S/C7H15NO3/c1-4-7(3,5-2)6-11-8(9)10/h4-6H2,1-3H3. The maximum atomic E-state index is 9.86. The highest BCUT2D eigenvalue weighted by Gasteiger charge is 2.20. The van der Waals surface area contributed by atoms with E-state index < -0.39 is 5.09 Å². The lowest BCUT2D eigenvalue weighted by Crippen LogP contribution is -2.23. The fourth-order valence-corrected chi connectivity index (χ4v) is 0.663. The highest BCUT2D eigenvalue weighted by molar-refractivity contribution is 4.68. The van der Waals surface area contributed by atoms with Gasteiger partial charge in [-0.05, 0) is 18.3 Å². The van der Waals surface area contributed by atoms with Gasteiger partial charge in [0.15, 0.2) is 0 Å². The van der Waals surface area contributed by atoms with Crippen molar-refractivity contribution >= 4 is 0 Å². The van der Waals surface area contributed by atoms with Crippen LogP contribution in [0.5, 0.6) is 0 Å². The lowest BCUT2D eigenvalue weighted by molar-refractivity contribution is -0.760. The normalized spacial score (nSPS) is 11.2. The van der Waals surface area contributed by atoms with Crippen LogP contribution in [0.15, 0.2) is 0 Å². The molecule has 0 amide bonds. The van der Waals surface area contributed by atoms with Gasteiger partial charge in [-0.2, -0.15) is 0 Å². The van der Waals surface area contributed by atoms with E-state index in [1.54, 1.807) is 0 Å². The fraction of sp³-hybridized carbons (Fsp3) is 1.00. The summed E-state index contributed by atoms with van der Waals surface area (Å²) in [6.45, 7) is 6.20. The molecule has 66 valence electrons. The molecule has 0 aliphatic heterocycles. The molecule has 0 rings (SSSR count). The molecule has 0 aliphatic rings. The van der Waals surface area contributed by atoms with Crippen LogP contribution in [0, 0.1) is 15.5 Å². The zero-order chi connectivity index (χ0) is 8.91. The van der Waals surface area contributed by atoms with Crippen molar-refractivity contribution in [1.29, 1.82) is 0 Å². The molecule has 0 spiro atoms. The van der Waals surface area contributed by atoms with E-state index in [1.807, 2.05) is 20.8 Å². The summed E-state index contributed by atoms with van der Waals surface area (Å²) in [6.07, 6.45) is 1.80. The maximum absolute atomic E-state index is 9.86. The Bertz CT molecular complexity index is 132. The first-order valence-electron chi connectivity index (χ1n) is 3.81. The van der Waals surface area contributed by atoms with E-state index in [2.05, 4.69) is 4.84 Å². The molecule has 0 heterocycles. The summed E-state index contributed by atoms with van der Waals surface area (Å²) in [5.74, 6) is 0. The summed E-state index contributed by atoms with van der Waals surface area (Å²) in [7, 11) is 0. The first-order chi connectivity index (χ1) is 5.04. The van der Waals surface area contributed by atoms with Crippen molar-refractivity contribution in [3.63, 3.8) is 0 Å². The van der Waals surface area contributed by atoms with Crippen molar-refractivity contribution in [2.45, 2.75) is 33.6 Å². The van der Waals surface area contributed by atoms with Gasteiger partial charge in [-0.3, -0.25) is 0 Å². The Kier molecular flexibility index (Phi) is 3.85. The summed E-state index contributed by atoms with van der Waals surface area (Å²) in [5.41, 5.74) is -0.0485. The zero-order valence-corrected chi connectivity index (χ0v) is 7.29. The van der Waals surface area contributed by atoms with Crippen LogP contribution in [0.2, 0.25) is 0 Å². The van der Waals surface area contributed by atoms with Gasteiger partial charge in [-0.1, -0.05) is 20.8 Å². The topological polar surface area (TPSA) is 52.4 Å². The first-order valence-corrected chi connectivity index (χ1v) is 3.81. The molecule has 0 aromatic carbocycles. The number of rotatable bonds is 5. The molecule has 4 heteroatoms. The van der Waals surface area contributed by atoms with Crippen LogP contribution in [0.1, 0.15) is 33.6 Å². The number of hydrogen-bond acceptors (Lipinski definition) is 3. The summed E-state index contributed by atoms with van der Waals surface area (Å²) < 4.78 is 0. The molecular weight excluding hydrogens is 146 g/mol. The second-order valence-corrected chi connectivity index (χ2v) is 3.01. The molecule has 0 aromatic heterocycles. The molecule has 11 heavy (non-hydrogen) atoms. The molecule has 4 nitrogen and oxygen atoms in total. The van der Waals surface area contributed by atoms with Crippen molar-refractivity contribution in [3.05, 3.63) is 10.1 Å². The Morgan fingerprint density at radius 1 is 1.45 bits per heavy atom. The molecule has 0 unspecified atom stereocenters. The van der Waals surface area contributed by atoms with E-state index in [9.17, 15) is 10.1 Å². The highest BCUT2D eigenvalue weighted by atomic mass is 16.9. The molecule has 0 bridgehead atoms. The van der Waals surface area contributed by atoms with Crippen LogP contribution in [0.25, 0.3) is 0 Å². The Morgan fingerprint density at radius 3 is 2.18 bits per heavy atom. The van der Waals surface area contributed by atoms with Gasteiger partial charge in [0, 0.05) is 0 Å². The minimum atomic E-state index is -0.733. The molecule has 0 N–H and O–H groups in total. The van der Waals surface area contributed by atoms with Gasteiger partial charge in [-0.25, -0.2) is 0 Å². The lowest BCUT2D eigenvalue weighted by atomic mass is 9.86. The predicted molar refractivity (Wildman–Crippen MR) is 41.6 cm³/mol. The minimum absolute atomic E-state index is 0.0485. The van der Waals surface area contributed by atoms with Crippen LogP contribution in [0.4, 0.5) is 0 Å². The van der Waals surface area contributed by atoms with Crippen LogP contribution in [-0.2, 0) is 4.84 Å². The van der Waals surface area contributed by atoms with E-state index in [-0.39, 0.29) is 12.0 Å². The number of hydrogen-bond donors (Lipinski definition) is 0. The van der Waals surface area contributed by atoms with Crippen LogP contribution in [-0.4, -0.2) is 11.7 Å². The quantitative estimate of drug-likeness (QED) is 0.458. The Morgan fingerprint density at radius 2 is 1.91 bits per heavy atom. The van der Waals surface area contributed by atoms with E-state index in [0.29, 0.717) is 0 Å². The molecular formula is C7H15NO3. The van der Waals surface area contributed by atoms with Crippen molar-refractivity contribution in [3.8, 4) is 0 Å². The average molecular weight is 161 g/mol. The largest absolute Gasteiger partial charge is 0.313 e. The van der Waals surface area contributed by atoms with Gasteiger partial charge in [0.1, 0.15) is 6.61 Å². The Hall–Kier alpha value is -0.800. The Labute approximate surface area is 66.6 Å². The average Bonchev–Trinajstić information content (AvgIpc) is 2.00. The SMILES string of the molecule is CCC(C)(CC)CO[N+](=O)[O-]. The van der Waals surface area contributed by atoms with Crippen LogP contribution >= 0.6 is 0 Å². The van der Waals surface area contributed by atoms with Gasteiger partial charge < -0.3 is 4.84 Å². The highest BCUT2D eigenvalue weighted by Crippen LogP contribution is 2.25. The van der Waals surface area contributed by atoms with Gasteiger partial charge in [0.05, 0.1) is 0 Å². The molecule has 0 atom stereocenters. The van der Waals surface area contributed by atoms with E-state index in [0.717, 1.165) is 12.8 Å². The van der Waals surface area contributed by atoms with Crippen LogP contribution in [0.3, 0.4) is 0 Å². The molecule has 0 radical (unpaired) electrons. The van der Waals surface area contributed by atoms with E-state index in [4.69, 9.17) is 0 Å². The predicted octanol–water partition coefficient (Wildman–Crippen LogP) is 2.02. The second-order valence-electron chi connectivity index (χ2n) is 3.01. The summed E-state index contributed by atoms with van der Waals surface area (Å²) in [5, 5.41) is 9.13. The molecule has 0 aromatic rings. The monoisotopic (exact) mass is 161 g/mol. The smallest absolute Gasteiger partial charge is 0.294 e. The van der Waals surface area contributed by atoms with Gasteiger partial charge in [0.25, 0.3) is 5.09 Å². The third kappa shape index (κ3) is 3.80. The van der Waals surface area contributed by atoms with Gasteiger partial charge >= 0.3 is 0 Å². The third-order valence-electron chi connectivity index (χ3n) is 2.23. The Balaban J connectivity index is 3.78. The van der Waals surface area contributed by atoms with Crippen molar-refractivity contribution in [1.82, 2.24) is 0 Å². The van der Waals surface area contributed by atoms with Crippen molar-refractivity contribution < 1.29 is 9.92 Å². The zero-order valence-electron chi connectivity index (χ0n) is 7.29. The third-order valence-corrected chi connectivity index (χ3v) is 2.23. The van der Waals surface area contributed by atoms with Gasteiger partial charge in [0.2, 0.25) is 0 Å². The molecule has 0 fully saturated rings. The molecule has 0 saturated carbocycles. The summed E-state index contributed by atoms with van der Waals surface area (Å²) in [4.78, 5) is 14.2. The maximum Gasteiger partial charge on any atom is 0.294 e. The summed E-state index contributed by atoms with van der Waals surface area (Å²) in [6, 6.07) is 0.